The van der Waals surface area contributed by atoms with Gasteiger partial charge in [0.15, 0.2) is 0 Å². The molecule has 1 unspecified atom stereocenters. The first kappa shape index (κ1) is 12.2. The second-order valence-electron chi connectivity index (χ2n) is 4.47. The third kappa shape index (κ3) is 3.32. The van der Waals surface area contributed by atoms with Crippen molar-refractivity contribution in [1.82, 2.24) is 15.1 Å². The van der Waals surface area contributed by atoms with Crippen LogP contribution in [0.15, 0.2) is 18.5 Å². The summed E-state index contributed by atoms with van der Waals surface area (Å²) >= 11 is 0. The predicted octanol–water partition coefficient (Wildman–Crippen LogP) is 0.846. The summed E-state index contributed by atoms with van der Waals surface area (Å²) in [6.07, 6.45) is 3.77. The van der Waals surface area contributed by atoms with E-state index >= 15 is 0 Å². The zero-order valence-corrected chi connectivity index (χ0v) is 9.90. The molecular weight excluding hydrogens is 188 g/mol. The summed E-state index contributed by atoms with van der Waals surface area (Å²) in [4.78, 5) is 0. The fourth-order valence-corrected chi connectivity index (χ4v) is 1.40. The van der Waals surface area contributed by atoms with Gasteiger partial charge in [0, 0.05) is 31.0 Å². The Morgan fingerprint density at radius 3 is 2.73 bits per heavy atom. The molecule has 4 heteroatoms. The van der Waals surface area contributed by atoms with E-state index in [9.17, 15) is 0 Å². The maximum Gasteiger partial charge on any atom is 0.0534 e. The molecule has 0 aromatic carbocycles. The fraction of sp³-hybridized carbons (Fsp3) is 0.727. The third-order valence-electron chi connectivity index (χ3n) is 3.13. The Balaban J connectivity index is 2.35. The van der Waals surface area contributed by atoms with E-state index in [1.54, 1.807) is 6.20 Å². The van der Waals surface area contributed by atoms with Gasteiger partial charge in [-0.25, -0.2) is 0 Å². The molecule has 0 bridgehead atoms. The lowest BCUT2D eigenvalue weighted by Crippen LogP contribution is -2.53. The van der Waals surface area contributed by atoms with Crippen molar-refractivity contribution in [3.05, 3.63) is 18.5 Å². The van der Waals surface area contributed by atoms with Gasteiger partial charge in [0.25, 0.3) is 0 Å². The molecule has 0 fully saturated rings. The van der Waals surface area contributed by atoms with E-state index in [2.05, 4.69) is 31.2 Å². The molecule has 15 heavy (non-hydrogen) atoms. The van der Waals surface area contributed by atoms with E-state index < -0.39 is 0 Å². The summed E-state index contributed by atoms with van der Waals surface area (Å²) in [5, 5.41) is 7.65. The van der Waals surface area contributed by atoms with Gasteiger partial charge in [-0.15, -0.1) is 0 Å². The van der Waals surface area contributed by atoms with Crippen molar-refractivity contribution < 1.29 is 0 Å². The van der Waals surface area contributed by atoms with Crippen molar-refractivity contribution in [2.75, 3.05) is 13.1 Å². The molecule has 3 N–H and O–H groups in total. The number of nitrogens with two attached hydrogens (primary N) is 1. The highest BCUT2D eigenvalue weighted by Gasteiger charge is 2.25. The zero-order valence-electron chi connectivity index (χ0n) is 9.90. The smallest absolute Gasteiger partial charge is 0.0534 e. The van der Waals surface area contributed by atoms with Crippen LogP contribution in [0, 0.1) is 5.92 Å². The summed E-state index contributed by atoms with van der Waals surface area (Å²) in [7, 11) is 0. The standard InChI is InChI=1S/C11H22N4/c1-10(2)11(3,9-12)13-6-8-15-7-4-5-14-15/h4-5,7,10,13H,6,8-9,12H2,1-3H3. The lowest BCUT2D eigenvalue weighted by molar-refractivity contribution is 0.264. The molecule has 0 aliphatic heterocycles. The highest BCUT2D eigenvalue weighted by atomic mass is 15.3. The molecule has 1 rings (SSSR count). The van der Waals surface area contributed by atoms with Crippen molar-refractivity contribution in [2.45, 2.75) is 32.9 Å². The first-order valence-corrected chi connectivity index (χ1v) is 5.51. The summed E-state index contributed by atoms with van der Waals surface area (Å²) in [5.41, 5.74) is 5.80. The summed E-state index contributed by atoms with van der Waals surface area (Å²) in [6, 6.07) is 1.94. The van der Waals surface area contributed by atoms with E-state index in [0.29, 0.717) is 12.5 Å². The van der Waals surface area contributed by atoms with Gasteiger partial charge in [0.05, 0.1) is 6.54 Å². The molecule has 1 aromatic heterocycles. The van der Waals surface area contributed by atoms with E-state index in [1.807, 2.05) is 16.9 Å². The summed E-state index contributed by atoms with van der Waals surface area (Å²) in [6.45, 7) is 8.98. The van der Waals surface area contributed by atoms with Gasteiger partial charge in [-0.1, -0.05) is 13.8 Å². The second kappa shape index (κ2) is 5.28. The minimum absolute atomic E-state index is 0.0210. The fourth-order valence-electron chi connectivity index (χ4n) is 1.40. The molecule has 1 heterocycles. The van der Waals surface area contributed by atoms with Gasteiger partial charge in [0.2, 0.25) is 0 Å². The van der Waals surface area contributed by atoms with E-state index in [-0.39, 0.29) is 5.54 Å². The minimum Gasteiger partial charge on any atom is -0.329 e. The summed E-state index contributed by atoms with van der Waals surface area (Å²) in [5.74, 6) is 0.528. The largest absolute Gasteiger partial charge is 0.329 e. The first-order valence-electron chi connectivity index (χ1n) is 5.51. The van der Waals surface area contributed by atoms with Crippen LogP contribution in [0.3, 0.4) is 0 Å². The molecular formula is C11H22N4. The minimum atomic E-state index is 0.0210. The quantitative estimate of drug-likeness (QED) is 0.732. The van der Waals surface area contributed by atoms with Crippen molar-refractivity contribution in [1.29, 1.82) is 0 Å². The lowest BCUT2D eigenvalue weighted by atomic mass is 9.88. The third-order valence-corrected chi connectivity index (χ3v) is 3.13. The van der Waals surface area contributed by atoms with E-state index in [0.717, 1.165) is 13.1 Å². The normalized spacial score (nSPS) is 15.5. The molecule has 1 aromatic rings. The molecule has 0 aliphatic carbocycles. The molecule has 0 aliphatic rings. The first-order chi connectivity index (χ1) is 7.08. The maximum absolute atomic E-state index is 5.78. The van der Waals surface area contributed by atoms with Crippen LogP contribution in [0.5, 0.6) is 0 Å². The van der Waals surface area contributed by atoms with Crippen LogP contribution in [-0.4, -0.2) is 28.4 Å². The van der Waals surface area contributed by atoms with Crippen LogP contribution >= 0.6 is 0 Å². The second-order valence-corrected chi connectivity index (χ2v) is 4.47. The number of nitrogens with zero attached hydrogens (tertiary/aromatic N) is 2. The van der Waals surface area contributed by atoms with Crippen LogP contribution in [0.2, 0.25) is 0 Å². The maximum atomic E-state index is 5.78. The number of nitrogens with one attached hydrogen (secondary N) is 1. The van der Waals surface area contributed by atoms with Crippen molar-refractivity contribution in [3.63, 3.8) is 0 Å². The van der Waals surface area contributed by atoms with Gasteiger partial charge in [-0.2, -0.15) is 5.10 Å². The predicted molar refractivity (Wildman–Crippen MR) is 62.5 cm³/mol. The topological polar surface area (TPSA) is 55.9 Å². The van der Waals surface area contributed by atoms with Crippen LogP contribution < -0.4 is 11.1 Å². The lowest BCUT2D eigenvalue weighted by Gasteiger charge is -2.33. The van der Waals surface area contributed by atoms with Gasteiger partial charge in [0.1, 0.15) is 0 Å². The highest BCUT2D eigenvalue weighted by Crippen LogP contribution is 2.14. The van der Waals surface area contributed by atoms with Crippen molar-refractivity contribution >= 4 is 0 Å². The van der Waals surface area contributed by atoms with Crippen molar-refractivity contribution in [3.8, 4) is 0 Å². The SMILES string of the molecule is CC(C)C(C)(CN)NCCn1cccn1. The number of aromatic nitrogens is 2. The number of rotatable bonds is 6. The van der Waals surface area contributed by atoms with Gasteiger partial charge >= 0.3 is 0 Å². The molecule has 0 saturated carbocycles. The van der Waals surface area contributed by atoms with Crippen LogP contribution in [0.1, 0.15) is 20.8 Å². The Kier molecular flexibility index (Phi) is 4.29. The average Bonchev–Trinajstić information content (AvgIpc) is 2.70. The zero-order chi connectivity index (χ0) is 11.3. The Morgan fingerprint density at radius 2 is 2.27 bits per heavy atom. The highest BCUT2D eigenvalue weighted by molar-refractivity contribution is 4.87. The Labute approximate surface area is 91.8 Å². The molecule has 1 atom stereocenters. The Hall–Kier alpha value is -0.870. The molecule has 0 saturated heterocycles. The molecule has 4 nitrogen and oxygen atoms in total. The number of hydrogen-bond acceptors (Lipinski definition) is 3. The molecule has 0 amide bonds. The summed E-state index contributed by atoms with van der Waals surface area (Å²) < 4.78 is 1.92. The average molecular weight is 210 g/mol. The molecule has 0 radical (unpaired) electrons. The molecule has 86 valence electrons. The monoisotopic (exact) mass is 210 g/mol. The van der Waals surface area contributed by atoms with Gasteiger partial charge in [-0.3, -0.25) is 4.68 Å². The Morgan fingerprint density at radius 1 is 1.53 bits per heavy atom. The molecule has 0 spiro atoms. The van der Waals surface area contributed by atoms with Crippen LogP contribution in [-0.2, 0) is 6.54 Å². The van der Waals surface area contributed by atoms with Gasteiger partial charge < -0.3 is 11.1 Å². The van der Waals surface area contributed by atoms with Gasteiger partial charge in [-0.05, 0) is 18.9 Å². The van der Waals surface area contributed by atoms with Crippen LogP contribution in [0.25, 0.3) is 0 Å². The van der Waals surface area contributed by atoms with Crippen LogP contribution in [0.4, 0.5) is 0 Å². The number of hydrogen-bond donors (Lipinski definition) is 2. The van der Waals surface area contributed by atoms with Crippen molar-refractivity contribution in [2.24, 2.45) is 11.7 Å². The van der Waals surface area contributed by atoms with E-state index in [1.165, 1.54) is 0 Å². The van der Waals surface area contributed by atoms with E-state index in [4.69, 9.17) is 5.73 Å². The Bertz CT molecular complexity index is 268.